The summed E-state index contributed by atoms with van der Waals surface area (Å²) in [5.74, 6) is -0.758. The summed E-state index contributed by atoms with van der Waals surface area (Å²) in [5.41, 5.74) is -2.98. The Kier molecular flexibility index (Phi) is 0.813. The van der Waals surface area contributed by atoms with E-state index in [1.165, 1.54) is 6.07 Å². The molecule has 0 bridgehead atoms. The summed E-state index contributed by atoms with van der Waals surface area (Å²) in [5, 5.41) is 0. The minimum Gasteiger partial charge on any atom is -0.298 e. The Morgan fingerprint density at radius 1 is 1.07 bits per heavy atom. The Bertz CT molecular complexity index is 553. The second kappa shape index (κ2) is 2.47. The summed E-state index contributed by atoms with van der Waals surface area (Å²) in [4.78, 5) is 12.8. The highest BCUT2D eigenvalue weighted by Crippen LogP contribution is 2.45. The van der Waals surface area contributed by atoms with Gasteiger partial charge < -0.3 is 0 Å². The molecule has 1 aliphatic carbocycles. The Labute approximate surface area is 93.6 Å². The van der Waals surface area contributed by atoms with Crippen molar-refractivity contribution in [3.8, 4) is 0 Å². The lowest BCUT2D eigenvalue weighted by molar-refractivity contribution is -0.126. The molecule has 0 atom stereocenters. The van der Waals surface area contributed by atoms with Crippen molar-refractivity contribution in [3.05, 3.63) is 35.4 Å². The molecule has 1 aliphatic rings. The maximum atomic E-state index is 12.8. The Morgan fingerprint density at radius 3 is 2.07 bits per heavy atom. The van der Waals surface area contributed by atoms with Gasteiger partial charge in [-0.15, -0.1) is 0 Å². The molecule has 1 aromatic rings. The third kappa shape index (κ3) is 0.927. The van der Waals surface area contributed by atoms with Gasteiger partial charge in [0.05, 0.1) is 0 Å². The fraction of sp³-hybridized carbons (Fsp3) is 0.462. The van der Waals surface area contributed by atoms with Gasteiger partial charge in [-0.2, -0.15) is 0 Å². The smallest absolute Gasteiger partial charge is 0.152 e. The highest BCUT2D eigenvalue weighted by molar-refractivity contribution is 6.02. The lowest BCUT2D eigenvalue weighted by Crippen LogP contribution is -2.33. The van der Waals surface area contributed by atoms with E-state index >= 15 is 0 Å². The highest BCUT2D eigenvalue weighted by Gasteiger charge is 2.49. The predicted molar refractivity (Wildman–Crippen MR) is 57.5 cm³/mol. The van der Waals surface area contributed by atoms with E-state index in [1.807, 2.05) is 0 Å². The molecule has 0 heterocycles. The average Bonchev–Trinajstić information content (AvgIpc) is 2.44. The molecule has 0 aromatic heterocycles. The van der Waals surface area contributed by atoms with Crippen LogP contribution in [0.1, 0.15) is 46.9 Å². The van der Waals surface area contributed by atoms with Crippen molar-refractivity contribution in [1.82, 2.24) is 0 Å². The van der Waals surface area contributed by atoms with Crippen molar-refractivity contribution < 1.29 is 13.0 Å². The Hall–Kier alpha value is -1.11. The van der Waals surface area contributed by atoms with Crippen LogP contribution in [0.2, 0.25) is 0 Å². The first-order valence-electron chi connectivity index (χ1n) is 7.53. The normalized spacial score (nSPS) is 30.3. The molecular weight excluding hydrogens is 172 g/mol. The van der Waals surface area contributed by atoms with Gasteiger partial charge in [-0.1, -0.05) is 24.3 Å². The molecule has 0 aliphatic heterocycles. The number of Topliss-reactive ketones (excluding diaryl/α,β-unsaturated/α-hetero) is 1. The van der Waals surface area contributed by atoms with Gasteiger partial charge in [0.15, 0.2) is 5.78 Å². The number of hydrogen-bond acceptors (Lipinski definition) is 1. The highest BCUT2D eigenvalue weighted by atomic mass is 16.1. The van der Waals surface area contributed by atoms with Gasteiger partial charge in [0.2, 0.25) is 0 Å². The molecule has 1 heteroatoms. The molecule has 0 unspecified atom stereocenters. The number of rotatable bonds is 0. The van der Waals surface area contributed by atoms with Crippen LogP contribution < -0.4 is 0 Å². The van der Waals surface area contributed by atoms with Crippen LogP contribution in [0.3, 0.4) is 0 Å². The molecule has 0 radical (unpaired) electrons. The standard InChI is InChI=1S/C13H16O/c1-12(2)9-7-5-6-8-10(9)13(3,4)11(12)14/h5-8H,1-4H3/i1D3,2D3. The van der Waals surface area contributed by atoms with E-state index in [-0.39, 0.29) is 5.56 Å². The first-order chi connectivity index (χ1) is 8.88. The molecule has 0 N–H and O–H groups in total. The van der Waals surface area contributed by atoms with E-state index in [0.29, 0.717) is 5.56 Å². The summed E-state index contributed by atoms with van der Waals surface area (Å²) in [6.45, 7) is -2.71. The quantitative estimate of drug-likeness (QED) is 0.620. The topological polar surface area (TPSA) is 17.1 Å². The molecule has 1 nitrogen and oxygen atoms in total. The van der Waals surface area contributed by atoms with Gasteiger partial charge in [0, 0.05) is 19.1 Å². The first kappa shape index (κ1) is 4.61. The van der Waals surface area contributed by atoms with Crippen LogP contribution in [0, 0.1) is 0 Å². The van der Waals surface area contributed by atoms with E-state index in [0.717, 1.165) is 0 Å². The molecule has 0 saturated carbocycles. The van der Waals surface area contributed by atoms with Gasteiger partial charge in [0.1, 0.15) is 0 Å². The number of benzene rings is 1. The second-order valence-electron chi connectivity index (χ2n) is 4.25. The lowest BCUT2D eigenvalue weighted by Gasteiger charge is -2.21. The number of hydrogen-bond donors (Lipinski definition) is 0. The summed E-state index contributed by atoms with van der Waals surface area (Å²) in [6.07, 6.45) is 0. The molecule has 74 valence electrons. The van der Waals surface area contributed by atoms with Gasteiger partial charge in [-0.05, 0) is 38.7 Å². The van der Waals surface area contributed by atoms with Crippen LogP contribution in [0.25, 0.3) is 0 Å². The van der Waals surface area contributed by atoms with Gasteiger partial charge in [-0.3, -0.25) is 4.79 Å². The van der Waals surface area contributed by atoms with Crippen molar-refractivity contribution in [3.63, 3.8) is 0 Å². The average molecular weight is 194 g/mol. The van der Waals surface area contributed by atoms with Gasteiger partial charge in [0.25, 0.3) is 0 Å². The predicted octanol–water partition coefficient (Wildman–Crippen LogP) is 2.82. The van der Waals surface area contributed by atoms with Crippen LogP contribution in [0.15, 0.2) is 24.3 Å². The van der Waals surface area contributed by atoms with Crippen molar-refractivity contribution in [2.24, 2.45) is 0 Å². The van der Waals surface area contributed by atoms with Crippen LogP contribution in [-0.2, 0) is 15.6 Å². The monoisotopic (exact) mass is 194 g/mol. The third-order valence-corrected chi connectivity index (χ3v) is 2.91. The van der Waals surface area contributed by atoms with Crippen LogP contribution >= 0.6 is 0 Å². The Morgan fingerprint density at radius 2 is 1.57 bits per heavy atom. The van der Waals surface area contributed by atoms with Crippen LogP contribution in [0.5, 0.6) is 0 Å². The minimum absolute atomic E-state index is 0.106. The molecule has 0 spiro atoms. The SMILES string of the molecule is [2H]C([2H])([2H])C1(C([2H])([2H])[2H])C(=O)C(C)(C)c2ccccc21. The maximum absolute atomic E-state index is 12.8. The zero-order valence-electron chi connectivity index (χ0n) is 14.2. The molecule has 0 amide bonds. The third-order valence-electron chi connectivity index (χ3n) is 2.91. The molecule has 2 rings (SSSR count). The van der Waals surface area contributed by atoms with Crippen LogP contribution in [-0.4, -0.2) is 5.78 Å². The lowest BCUT2D eigenvalue weighted by atomic mass is 9.80. The van der Waals surface area contributed by atoms with Crippen molar-refractivity contribution in [2.45, 2.75) is 38.4 Å². The summed E-state index contributed by atoms with van der Waals surface area (Å²) in [7, 11) is 0. The summed E-state index contributed by atoms with van der Waals surface area (Å²) >= 11 is 0. The molecule has 0 saturated heterocycles. The zero-order valence-corrected chi connectivity index (χ0v) is 8.22. The number of ketones is 1. The van der Waals surface area contributed by atoms with Crippen LogP contribution in [0.4, 0.5) is 0 Å². The van der Waals surface area contributed by atoms with E-state index in [2.05, 4.69) is 0 Å². The van der Waals surface area contributed by atoms with Crippen molar-refractivity contribution in [2.75, 3.05) is 0 Å². The second-order valence-corrected chi connectivity index (χ2v) is 4.25. The molecule has 0 fully saturated rings. The zero-order chi connectivity index (χ0) is 15.6. The van der Waals surface area contributed by atoms with Gasteiger partial charge >= 0.3 is 0 Å². The van der Waals surface area contributed by atoms with Gasteiger partial charge in [-0.25, -0.2) is 0 Å². The molecular formula is C13H16O. The fourth-order valence-corrected chi connectivity index (χ4v) is 2.07. The van der Waals surface area contributed by atoms with E-state index in [9.17, 15) is 4.79 Å². The number of fused-ring (bicyclic) bond motifs is 1. The molecule has 1 aromatic carbocycles. The Balaban J connectivity index is 2.95. The van der Waals surface area contributed by atoms with Crippen molar-refractivity contribution in [1.29, 1.82) is 0 Å². The summed E-state index contributed by atoms with van der Waals surface area (Å²) < 4.78 is 46.3. The number of carbonyl (C=O) groups excluding carboxylic acids is 1. The fourth-order valence-electron chi connectivity index (χ4n) is 2.07. The minimum atomic E-state index is -2.93. The largest absolute Gasteiger partial charge is 0.298 e. The molecule has 14 heavy (non-hydrogen) atoms. The van der Waals surface area contributed by atoms with Crippen molar-refractivity contribution >= 4 is 5.78 Å². The van der Waals surface area contributed by atoms with E-state index < -0.39 is 30.3 Å². The summed E-state index contributed by atoms with van der Waals surface area (Å²) in [6, 6.07) is 6.33. The van der Waals surface area contributed by atoms with E-state index in [1.54, 1.807) is 32.0 Å². The number of carbonyl (C=O) groups is 1. The maximum Gasteiger partial charge on any atom is 0.152 e. The first-order valence-corrected chi connectivity index (χ1v) is 4.53. The van der Waals surface area contributed by atoms with E-state index in [4.69, 9.17) is 8.22 Å².